The number of hydrogen-bond acceptors (Lipinski definition) is 6. The summed E-state index contributed by atoms with van der Waals surface area (Å²) in [6.07, 6.45) is -7.08. The lowest BCUT2D eigenvalue weighted by Gasteiger charge is -2.23. The molecule has 0 aromatic carbocycles. The van der Waals surface area contributed by atoms with E-state index in [4.69, 9.17) is 20.4 Å². The van der Waals surface area contributed by atoms with Crippen molar-refractivity contribution in [3.63, 3.8) is 0 Å². The van der Waals surface area contributed by atoms with Gasteiger partial charge in [0.1, 0.15) is 24.1 Å². The molecule has 0 rings (SSSR count). The molecule has 0 amide bonds. The number of aldehydes is 1. The standard InChI is InChI=1S/C8H14O6/c1-4(10)2-5(11)7(13)8(14)6(12)3-9/h3,5-8,11-14H,2H2,1H3/t5-,6+,7+,8-/m0/s1. The normalized spacial score (nSPS) is 19.5. The molecule has 0 saturated carbocycles. The van der Waals surface area contributed by atoms with Crippen LogP contribution in [0.1, 0.15) is 13.3 Å². The van der Waals surface area contributed by atoms with Crippen molar-refractivity contribution in [2.75, 3.05) is 0 Å². The van der Waals surface area contributed by atoms with E-state index < -0.39 is 24.4 Å². The highest BCUT2D eigenvalue weighted by Gasteiger charge is 2.30. The van der Waals surface area contributed by atoms with Crippen LogP contribution in [0.2, 0.25) is 0 Å². The minimum absolute atomic E-state index is 0.0361. The maximum absolute atomic E-state index is 10.5. The van der Waals surface area contributed by atoms with Gasteiger partial charge in [0.25, 0.3) is 0 Å². The number of ketones is 1. The molecule has 0 saturated heterocycles. The molecule has 0 radical (unpaired) electrons. The molecule has 0 fully saturated rings. The Balaban J connectivity index is 4.22. The molecule has 82 valence electrons. The van der Waals surface area contributed by atoms with Gasteiger partial charge in [-0.05, 0) is 6.92 Å². The second-order valence-electron chi connectivity index (χ2n) is 3.08. The molecule has 14 heavy (non-hydrogen) atoms. The van der Waals surface area contributed by atoms with Crippen LogP contribution in [0, 0.1) is 0 Å². The zero-order valence-corrected chi connectivity index (χ0v) is 7.70. The number of hydrogen-bond donors (Lipinski definition) is 4. The third-order valence-electron chi connectivity index (χ3n) is 1.73. The molecule has 0 aromatic heterocycles. The van der Waals surface area contributed by atoms with Gasteiger partial charge in [0, 0.05) is 6.42 Å². The summed E-state index contributed by atoms with van der Waals surface area (Å²) in [4.78, 5) is 20.6. The molecule has 0 heterocycles. The van der Waals surface area contributed by atoms with Crippen LogP contribution in [0.25, 0.3) is 0 Å². The van der Waals surface area contributed by atoms with E-state index in [0.717, 1.165) is 0 Å². The Labute approximate surface area is 80.8 Å². The van der Waals surface area contributed by atoms with Crippen molar-refractivity contribution in [3.05, 3.63) is 0 Å². The van der Waals surface area contributed by atoms with Crippen molar-refractivity contribution < 1.29 is 30.0 Å². The summed E-state index contributed by atoms with van der Waals surface area (Å²) in [5, 5.41) is 36.2. The molecule has 6 heteroatoms. The van der Waals surface area contributed by atoms with E-state index in [1.807, 2.05) is 0 Å². The third kappa shape index (κ3) is 3.93. The lowest BCUT2D eigenvalue weighted by molar-refractivity contribution is -0.136. The van der Waals surface area contributed by atoms with E-state index >= 15 is 0 Å². The van der Waals surface area contributed by atoms with E-state index in [1.54, 1.807) is 0 Å². The number of carbonyl (C=O) groups excluding carboxylic acids is 2. The summed E-state index contributed by atoms with van der Waals surface area (Å²) >= 11 is 0. The van der Waals surface area contributed by atoms with E-state index in [-0.39, 0.29) is 18.5 Å². The lowest BCUT2D eigenvalue weighted by atomic mass is 10.0. The molecule has 0 unspecified atom stereocenters. The fraction of sp³-hybridized carbons (Fsp3) is 0.750. The molecule has 4 atom stereocenters. The van der Waals surface area contributed by atoms with Crippen LogP contribution < -0.4 is 0 Å². The molecule has 6 nitrogen and oxygen atoms in total. The monoisotopic (exact) mass is 206 g/mol. The van der Waals surface area contributed by atoms with Gasteiger partial charge in [0.15, 0.2) is 6.29 Å². The maximum Gasteiger partial charge on any atom is 0.151 e. The fourth-order valence-electron chi connectivity index (χ4n) is 0.925. The third-order valence-corrected chi connectivity index (χ3v) is 1.73. The molecular weight excluding hydrogens is 192 g/mol. The second kappa shape index (κ2) is 5.82. The number of rotatable bonds is 6. The average molecular weight is 206 g/mol. The average Bonchev–Trinajstić information content (AvgIpc) is 2.13. The first kappa shape index (κ1) is 13.2. The van der Waals surface area contributed by atoms with Crippen LogP contribution in [0.3, 0.4) is 0 Å². The summed E-state index contributed by atoms with van der Waals surface area (Å²) < 4.78 is 0. The Bertz CT molecular complexity index is 204. The second-order valence-corrected chi connectivity index (χ2v) is 3.08. The van der Waals surface area contributed by atoms with Gasteiger partial charge in [0.2, 0.25) is 0 Å². The van der Waals surface area contributed by atoms with Gasteiger partial charge in [-0.3, -0.25) is 4.79 Å². The van der Waals surface area contributed by atoms with Gasteiger partial charge < -0.3 is 25.2 Å². The van der Waals surface area contributed by atoms with Crippen LogP contribution in [0.15, 0.2) is 0 Å². The predicted octanol–water partition coefficient (Wildman–Crippen LogP) is -2.39. The Morgan fingerprint density at radius 2 is 1.71 bits per heavy atom. The van der Waals surface area contributed by atoms with Crippen molar-refractivity contribution in [2.24, 2.45) is 0 Å². The van der Waals surface area contributed by atoms with Crippen molar-refractivity contribution in [1.29, 1.82) is 0 Å². The summed E-state index contributed by atoms with van der Waals surface area (Å²) in [6, 6.07) is 0. The van der Waals surface area contributed by atoms with E-state index in [9.17, 15) is 9.59 Å². The quantitative estimate of drug-likeness (QED) is 0.360. The number of Topliss-reactive ketones (excluding diaryl/α,β-unsaturated/α-hetero) is 1. The highest BCUT2D eigenvalue weighted by atomic mass is 16.4. The topological polar surface area (TPSA) is 115 Å². The van der Waals surface area contributed by atoms with Crippen LogP contribution in [-0.2, 0) is 9.59 Å². The number of carbonyl (C=O) groups is 2. The molecule has 0 aliphatic rings. The van der Waals surface area contributed by atoms with E-state index in [2.05, 4.69) is 0 Å². The Kier molecular flexibility index (Phi) is 5.47. The van der Waals surface area contributed by atoms with Crippen molar-refractivity contribution in [1.82, 2.24) is 0 Å². The summed E-state index contributed by atoms with van der Waals surface area (Å²) in [5.74, 6) is -0.371. The van der Waals surface area contributed by atoms with Crippen LogP contribution in [0.4, 0.5) is 0 Å². The fourth-order valence-corrected chi connectivity index (χ4v) is 0.925. The van der Waals surface area contributed by atoms with Gasteiger partial charge in [-0.25, -0.2) is 0 Å². The first-order valence-corrected chi connectivity index (χ1v) is 4.07. The minimum atomic E-state index is -1.79. The molecule has 0 aliphatic carbocycles. The number of aliphatic hydroxyl groups excluding tert-OH is 4. The zero-order valence-electron chi connectivity index (χ0n) is 7.70. The van der Waals surface area contributed by atoms with E-state index in [1.165, 1.54) is 6.92 Å². The maximum atomic E-state index is 10.5. The Morgan fingerprint density at radius 3 is 2.07 bits per heavy atom. The predicted molar refractivity (Wildman–Crippen MR) is 45.4 cm³/mol. The summed E-state index contributed by atoms with van der Waals surface area (Å²) in [5.41, 5.74) is 0. The van der Waals surface area contributed by atoms with E-state index in [0.29, 0.717) is 0 Å². The highest BCUT2D eigenvalue weighted by Crippen LogP contribution is 2.07. The molecule has 0 aliphatic heterocycles. The molecule has 0 bridgehead atoms. The SMILES string of the molecule is CC(=O)C[C@H](O)[C@@H](O)[C@@H](O)[C@H](O)C=O. The van der Waals surface area contributed by atoms with Crippen molar-refractivity contribution >= 4 is 12.1 Å². The van der Waals surface area contributed by atoms with Gasteiger partial charge in [-0.1, -0.05) is 0 Å². The smallest absolute Gasteiger partial charge is 0.151 e. The van der Waals surface area contributed by atoms with Crippen LogP contribution in [0.5, 0.6) is 0 Å². The van der Waals surface area contributed by atoms with Crippen LogP contribution >= 0.6 is 0 Å². The minimum Gasteiger partial charge on any atom is -0.390 e. The molecule has 0 spiro atoms. The van der Waals surface area contributed by atoms with Gasteiger partial charge in [-0.15, -0.1) is 0 Å². The van der Waals surface area contributed by atoms with Crippen molar-refractivity contribution in [3.8, 4) is 0 Å². The number of aliphatic hydroxyl groups is 4. The summed E-state index contributed by atoms with van der Waals surface area (Å²) in [6.45, 7) is 1.21. The zero-order chi connectivity index (χ0) is 11.3. The Morgan fingerprint density at radius 1 is 1.21 bits per heavy atom. The van der Waals surface area contributed by atoms with Crippen LogP contribution in [-0.4, -0.2) is 56.9 Å². The van der Waals surface area contributed by atoms with Crippen molar-refractivity contribution in [2.45, 2.75) is 37.8 Å². The molecule has 4 N–H and O–H groups in total. The largest absolute Gasteiger partial charge is 0.390 e. The molecule has 0 aromatic rings. The summed E-state index contributed by atoms with van der Waals surface area (Å²) in [7, 11) is 0. The Hall–Kier alpha value is -0.820. The first-order valence-electron chi connectivity index (χ1n) is 4.07. The highest BCUT2D eigenvalue weighted by molar-refractivity contribution is 5.76. The van der Waals surface area contributed by atoms with Gasteiger partial charge >= 0.3 is 0 Å². The molecular formula is C8H14O6. The van der Waals surface area contributed by atoms with Gasteiger partial charge in [0.05, 0.1) is 6.10 Å². The lowest BCUT2D eigenvalue weighted by Crippen LogP contribution is -2.45. The van der Waals surface area contributed by atoms with Gasteiger partial charge in [-0.2, -0.15) is 0 Å². The first-order chi connectivity index (χ1) is 6.40.